The molecule has 1 heterocycles. The Hall–Kier alpha value is -1.10. The van der Waals surface area contributed by atoms with Gasteiger partial charge in [-0.3, -0.25) is 4.99 Å². The van der Waals surface area contributed by atoms with Gasteiger partial charge in [-0.15, -0.1) is 11.3 Å². The van der Waals surface area contributed by atoms with Gasteiger partial charge in [0.25, 0.3) is 0 Å². The Labute approximate surface area is 114 Å². The van der Waals surface area contributed by atoms with Crippen molar-refractivity contribution in [3.8, 4) is 0 Å². The molecule has 0 unspecified atom stereocenters. The van der Waals surface area contributed by atoms with E-state index in [9.17, 15) is 0 Å². The Kier molecular flexibility index (Phi) is 5.59. The topological polar surface area (TPSA) is 63.3 Å². The number of nitrogens with two attached hydrogens (primary N) is 1. The second-order valence-electron chi connectivity index (χ2n) is 5.32. The molecular weight excluding hydrogens is 244 g/mol. The molecule has 0 aliphatic carbocycles. The van der Waals surface area contributed by atoms with Gasteiger partial charge in [0.2, 0.25) is 0 Å². The van der Waals surface area contributed by atoms with E-state index in [1.165, 1.54) is 0 Å². The van der Waals surface area contributed by atoms with E-state index in [2.05, 4.69) is 48.4 Å². The van der Waals surface area contributed by atoms with Crippen molar-refractivity contribution in [2.24, 2.45) is 10.7 Å². The van der Waals surface area contributed by atoms with Gasteiger partial charge in [0.05, 0.1) is 10.7 Å². The number of aliphatic imine (C=N–C) groups is 1. The minimum atomic E-state index is 0.129. The minimum absolute atomic E-state index is 0.129. The Balaban J connectivity index is 2.38. The van der Waals surface area contributed by atoms with Crippen molar-refractivity contribution in [3.05, 3.63) is 16.1 Å². The van der Waals surface area contributed by atoms with Crippen LogP contribution < -0.4 is 11.1 Å². The Bertz CT molecular complexity index is 390. The summed E-state index contributed by atoms with van der Waals surface area (Å²) >= 11 is 1.71. The molecule has 0 fully saturated rings. The number of rotatable bonds is 5. The normalized spacial score (nSPS) is 12.8. The molecule has 1 aromatic rings. The minimum Gasteiger partial charge on any atom is -0.370 e. The van der Waals surface area contributed by atoms with Crippen LogP contribution in [0.25, 0.3) is 0 Å². The molecule has 18 heavy (non-hydrogen) atoms. The number of nitrogens with one attached hydrogen (secondary N) is 1. The third-order valence-electron chi connectivity index (χ3n) is 2.47. The van der Waals surface area contributed by atoms with Crippen LogP contribution in [0.3, 0.4) is 0 Å². The summed E-state index contributed by atoms with van der Waals surface area (Å²) < 4.78 is 0. The molecule has 0 aliphatic rings. The van der Waals surface area contributed by atoms with Crippen molar-refractivity contribution < 1.29 is 0 Å². The Morgan fingerprint density at radius 1 is 1.50 bits per heavy atom. The average Bonchev–Trinajstić information content (AvgIpc) is 2.74. The van der Waals surface area contributed by atoms with Crippen molar-refractivity contribution in [2.45, 2.75) is 46.0 Å². The fraction of sp³-hybridized carbons (Fsp3) is 0.692. The number of aromatic nitrogens is 1. The van der Waals surface area contributed by atoms with Gasteiger partial charge in [-0.05, 0) is 6.42 Å². The summed E-state index contributed by atoms with van der Waals surface area (Å²) in [5.74, 6) is 0.532. The number of hydrogen-bond donors (Lipinski definition) is 2. The van der Waals surface area contributed by atoms with E-state index < -0.39 is 0 Å². The van der Waals surface area contributed by atoms with Crippen molar-refractivity contribution in [1.29, 1.82) is 0 Å². The molecule has 0 saturated heterocycles. The lowest BCUT2D eigenvalue weighted by Crippen LogP contribution is -2.33. The molecule has 4 nitrogen and oxygen atoms in total. The van der Waals surface area contributed by atoms with E-state index in [1.54, 1.807) is 11.3 Å². The van der Waals surface area contributed by atoms with Crippen LogP contribution in [0.4, 0.5) is 0 Å². The fourth-order valence-corrected chi connectivity index (χ4v) is 2.38. The van der Waals surface area contributed by atoms with Gasteiger partial charge >= 0.3 is 0 Å². The van der Waals surface area contributed by atoms with Gasteiger partial charge in [-0.2, -0.15) is 0 Å². The van der Waals surface area contributed by atoms with Gasteiger partial charge < -0.3 is 11.1 Å². The highest BCUT2D eigenvalue weighted by Crippen LogP contribution is 2.23. The van der Waals surface area contributed by atoms with E-state index in [0.717, 1.165) is 36.6 Å². The summed E-state index contributed by atoms with van der Waals surface area (Å²) in [6.45, 7) is 10.2. The van der Waals surface area contributed by atoms with Crippen LogP contribution in [0.15, 0.2) is 10.4 Å². The summed E-state index contributed by atoms with van der Waals surface area (Å²) in [5.41, 5.74) is 7.01. The van der Waals surface area contributed by atoms with Crippen LogP contribution in [0, 0.1) is 0 Å². The Morgan fingerprint density at radius 3 is 2.78 bits per heavy atom. The fourth-order valence-electron chi connectivity index (χ4n) is 1.36. The summed E-state index contributed by atoms with van der Waals surface area (Å²) in [6.07, 6.45) is 1.91. The monoisotopic (exact) mass is 268 g/mol. The molecule has 0 atom stereocenters. The maximum Gasteiger partial charge on any atom is 0.188 e. The van der Waals surface area contributed by atoms with Gasteiger partial charge in [0.15, 0.2) is 5.96 Å². The summed E-state index contributed by atoms with van der Waals surface area (Å²) in [6, 6.07) is 0. The molecule has 0 saturated carbocycles. The van der Waals surface area contributed by atoms with E-state index >= 15 is 0 Å². The molecule has 0 radical (unpaired) electrons. The predicted octanol–water partition coefficient (Wildman–Crippen LogP) is 2.30. The van der Waals surface area contributed by atoms with E-state index in [-0.39, 0.29) is 5.41 Å². The largest absolute Gasteiger partial charge is 0.370 e. The highest BCUT2D eigenvalue weighted by molar-refractivity contribution is 7.09. The van der Waals surface area contributed by atoms with E-state index in [1.807, 2.05) is 0 Å². The smallest absolute Gasteiger partial charge is 0.188 e. The van der Waals surface area contributed by atoms with E-state index in [0.29, 0.717) is 5.96 Å². The average molecular weight is 268 g/mol. The van der Waals surface area contributed by atoms with Gasteiger partial charge in [-0.25, -0.2) is 4.98 Å². The zero-order valence-electron chi connectivity index (χ0n) is 11.8. The summed E-state index contributed by atoms with van der Waals surface area (Å²) in [5, 5.41) is 6.40. The number of hydrogen-bond acceptors (Lipinski definition) is 3. The predicted molar refractivity (Wildman–Crippen MR) is 79.3 cm³/mol. The van der Waals surface area contributed by atoms with Crippen LogP contribution in [0.1, 0.15) is 44.8 Å². The maximum atomic E-state index is 5.72. The van der Waals surface area contributed by atoms with Gasteiger partial charge in [0, 0.05) is 30.3 Å². The Morgan fingerprint density at radius 2 is 2.22 bits per heavy atom. The van der Waals surface area contributed by atoms with Crippen LogP contribution in [-0.2, 0) is 11.8 Å². The lowest BCUT2D eigenvalue weighted by atomic mass is 9.93. The SMILES string of the molecule is CCCN=C(N)NCCc1nc(C(C)(C)C)cs1. The third kappa shape index (κ3) is 5.04. The van der Waals surface area contributed by atoms with Crippen molar-refractivity contribution in [1.82, 2.24) is 10.3 Å². The van der Waals surface area contributed by atoms with E-state index in [4.69, 9.17) is 5.73 Å². The van der Waals surface area contributed by atoms with Gasteiger partial charge in [-0.1, -0.05) is 27.7 Å². The van der Waals surface area contributed by atoms with Crippen LogP contribution >= 0.6 is 11.3 Å². The van der Waals surface area contributed by atoms with Crippen LogP contribution in [0.2, 0.25) is 0 Å². The first-order valence-electron chi connectivity index (χ1n) is 6.42. The standard InChI is InChI=1S/C13H24N4S/c1-5-7-15-12(14)16-8-6-11-17-10(9-18-11)13(2,3)4/h9H,5-8H2,1-4H3,(H3,14,15,16). The number of guanidine groups is 1. The quantitative estimate of drug-likeness (QED) is 0.636. The molecule has 0 spiro atoms. The first-order chi connectivity index (χ1) is 8.43. The first kappa shape index (κ1) is 15.0. The summed E-state index contributed by atoms with van der Waals surface area (Å²) in [4.78, 5) is 8.82. The third-order valence-corrected chi connectivity index (χ3v) is 3.38. The molecular formula is C13H24N4S. The molecule has 1 rings (SSSR count). The van der Waals surface area contributed by atoms with Crippen molar-refractivity contribution in [3.63, 3.8) is 0 Å². The molecule has 3 N–H and O–H groups in total. The number of nitrogens with zero attached hydrogens (tertiary/aromatic N) is 2. The lowest BCUT2D eigenvalue weighted by Gasteiger charge is -2.14. The van der Waals surface area contributed by atoms with Gasteiger partial charge in [0.1, 0.15) is 0 Å². The lowest BCUT2D eigenvalue weighted by molar-refractivity contribution is 0.570. The molecule has 5 heteroatoms. The molecule has 1 aromatic heterocycles. The molecule has 0 amide bonds. The van der Waals surface area contributed by atoms with Crippen LogP contribution in [0.5, 0.6) is 0 Å². The maximum absolute atomic E-state index is 5.72. The molecule has 102 valence electrons. The zero-order valence-corrected chi connectivity index (χ0v) is 12.6. The highest BCUT2D eigenvalue weighted by atomic mass is 32.1. The van der Waals surface area contributed by atoms with Crippen molar-refractivity contribution in [2.75, 3.05) is 13.1 Å². The van der Waals surface area contributed by atoms with Crippen LogP contribution in [-0.4, -0.2) is 24.0 Å². The van der Waals surface area contributed by atoms with Crippen molar-refractivity contribution >= 4 is 17.3 Å². The highest BCUT2D eigenvalue weighted by Gasteiger charge is 2.17. The number of thiazole rings is 1. The molecule has 0 bridgehead atoms. The second-order valence-corrected chi connectivity index (χ2v) is 6.26. The first-order valence-corrected chi connectivity index (χ1v) is 7.30. The molecule has 0 aliphatic heterocycles. The summed E-state index contributed by atoms with van der Waals surface area (Å²) in [7, 11) is 0. The zero-order chi connectivity index (χ0) is 13.6. The molecule has 0 aromatic carbocycles. The second kappa shape index (κ2) is 6.73.